The largest absolute Gasteiger partial charge is 0.472 e. The Hall–Kier alpha value is -2.64. The maximum absolute atomic E-state index is 12.1. The second-order valence-corrected chi connectivity index (χ2v) is 6.95. The van der Waals surface area contributed by atoms with Crippen LogP contribution in [0.1, 0.15) is 28.4 Å². The van der Waals surface area contributed by atoms with Crippen molar-refractivity contribution in [1.82, 2.24) is 20.4 Å². The molecule has 1 fully saturated rings. The van der Waals surface area contributed by atoms with Crippen molar-refractivity contribution in [2.24, 2.45) is 0 Å². The Morgan fingerprint density at radius 1 is 1.00 bits per heavy atom. The van der Waals surface area contributed by atoms with Crippen molar-refractivity contribution < 1.29 is 14.0 Å². The van der Waals surface area contributed by atoms with Crippen molar-refractivity contribution in [2.75, 3.05) is 39.3 Å². The number of piperazine rings is 1. The molecule has 7 heteroatoms. The van der Waals surface area contributed by atoms with Crippen LogP contribution in [0.3, 0.4) is 0 Å². The Labute approximate surface area is 165 Å². The lowest BCUT2D eigenvalue weighted by Gasteiger charge is -2.34. The zero-order valence-corrected chi connectivity index (χ0v) is 16.3. The van der Waals surface area contributed by atoms with E-state index in [1.54, 1.807) is 6.07 Å². The highest BCUT2D eigenvalue weighted by atomic mass is 16.3. The van der Waals surface area contributed by atoms with E-state index < -0.39 is 0 Å². The molecule has 1 saturated heterocycles. The fourth-order valence-electron chi connectivity index (χ4n) is 3.30. The number of furan rings is 1. The first kappa shape index (κ1) is 20.1. The zero-order valence-electron chi connectivity index (χ0n) is 16.3. The van der Waals surface area contributed by atoms with Crippen molar-refractivity contribution in [2.45, 2.75) is 20.0 Å². The van der Waals surface area contributed by atoms with E-state index in [0.717, 1.165) is 44.8 Å². The van der Waals surface area contributed by atoms with Crippen LogP contribution in [-0.4, -0.2) is 60.9 Å². The first-order valence-corrected chi connectivity index (χ1v) is 9.74. The van der Waals surface area contributed by atoms with Crippen molar-refractivity contribution in [3.05, 3.63) is 59.5 Å². The molecular formula is C21H28N4O3. The molecule has 3 rings (SSSR count). The molecule has 0 saturated carbocycles. The highest BCUT2D eigenvalue weighted by Gasteiger charge is 2.16. The SMILES string of the molecule is CCN1CCN(Cc2ccccc2CNC(=O)CNC(=O)c2ccoc2)CC1. The van der Waals surface area contributed by atoms with Gasteiger partial charge in [-0.2, -0.15) is 0 Å². The molecule has 2 N–H and O–H groups in total. The van der Waals surface area contributed by atoms with Gasteiger partial charge in [-0.1, -0.05) is 31.2 Å². The van der Waals surface area contributed by atoms with Crippen LogP contribution >= 0.6 is 0 Å². The third kappa shape index (κ3) is 5.68. The lowest BCUT2D eigenvalue weighted by Crippen LogP contribution is -2.45. The molecular weight excluding hydrogens is 356 g/mol. The van der Waals surface area contributed by atoms with E-state index in [-0.39, 0.29) is 18.4 Å². The molecule has 2 heterocycles. The van der Waals surface area contributed by atoms with Crippen molar-refractivity contribution >= 4 is 11.8 Å². The third-order valence-electron chi connectivity index (χ3n) is 5.09. The lowest BCUT2D eigenvalue weighted by atomic mass is 10.1. The molecule has 1 aliphatic heterocycles. The summed E-state index contributed by atoms with van der Waals surface area (Å²) < 4.78 is 4.87. The fourth-order valence-corrected chi connectivity index (χ4v) is 3.30. The first-order valence-electron chi connectivity index (χ1n) is 9.74. The third-order valence-corrected chi connectivity index (χ3v) is 5.09. The summed E-state index contributed by atoms with van der Waals surface area (Å²) in [6, 6.07) is 9.74. The van der Waals surface area contributed by atoms with Gasteiger partial charge in [0.05, 0.1) is 18.4 Å². The minimum Gasteiger partial charge on any atom is -0.472 e. The van der Waals surface area contributed by atoms with Crippen LogP contribution in [0.15, 0.2) is 47.3 Å². The van der Waals surface area contributed by atoms with E-state index in [1.807, 2.05) is 18.2 Å². The Kier molecular flexibility index (Phi) is 7.22. The molecule has 0 spiro atoms. The minimum absolute atomic E-state index is 0.0643. The molecule has 0 radical (unpaired) electrons. The molecule has 0 bridgehead atoms. The highest BCUT2D eigenvalue weighted by molar-refractivity contribution is 5.96. The Morgan fingerprint density at radius 2 is 1.71 bits per heavy atom. The summed E-state index contributed by atoms with van der Waals surface area (Å²) in [7, 11) is 0. The molecule has 28 heavy (non-hydrogen) atoms. The number of carbonyl (C=O) groups excluding carboxylic acids is 2. The van der Waals surface area contributed by atoms with Crippen LogP contribution in [-0.2, 0) is 17.9 Å². The molecule has 150 valence electrons. The Bertz CT molecular complexity index is 768. The van der Waals surface area contributed by atoms with Gasteiger partial charge in [-0.05, 0) is 23.7 Å². The van der Waals surface area contributed by atoms with E-state index in [9.17, 15) is 9.59 Å². The number of nitrogens with one attached hydrogen (secondary N) is 2. The van der Waals surface area contributed by atoms with Crippen molar-refractivity contribution in [3.8, 4) is 0 Å². The van der Waals surface area contributed by atoms with Crippen LogP contribution in [0.4, 0.5) is 0 Å². The maximum atomic E-state index is 12.1. The minimum atomic E-state index is -0.324. The zero-order chi connectivity index (χ0) is 19.8. The van der Waals surface area contributed by atoms with Crippen LogP contribution in [0.2, 0.25) is 0 Å². The standard InChI is InChI=1S/C21H28N4O3/c1-2-24-8-10-25(11-9-24)15-18-6-4-3-5-17(18)13-22-20(26)14-23-21(27)19-7-12-28-16-19/h3-7,12,16H,2,8-11,13-15H2,1H3,(H,22,26)(H,23,27). The van der Waals surface area contributed by atoms with Gasteiger partial charge in [0.1, 0.15) is 6.26 Å². The quantitative estimate of drug-likeness (QED) is 0.721. The topological polar surface area (TPSA) is 77.8 Å². The number of likely N-dealkylation sites (N-methyl/N-ethyl adjacent to an activating group) is 1. The van der Waals surface area contributed by atoms with E-state index in [0.29, 0.717) is 12.1 Å². The predicted molar refractivity (Wildman–Crippen MR) is 107 cm³/mol. The van der Waals surface area contributed by atoms with Gasteiger partial charge in [0.2, 0.25) is 5.91 Å². The molecule has 1 aromatic heterocycles. The van der Waals surface area contributed by atoms with Crippen molar-refractivity contribution in [3.63, 3.8) is 0 Å². The van der Waals surface area contributed by atoms with Crippen LogP contribution in [0, 0.1) is 0 Å². The van der Waals surface area contributed by atoms with Gasteiger partial charge in [-0.15, -0.1) is 0 Å². The molecule has 0 aliphatic carbocycles. The summed E-state index contributed by atoms with van der Waals surface area (Å²) in [5.74, 6) is -0.543. The summed E-state index contributed by atoms with van der Waals surface area (Å²) in [6.07, 6.45) is 2.78. The van der Waals surface area contributed by atoms with Gasteiger partial charge in [-0.3, -0.25) is 14.5 Å². The summed E-state index contributed by atoms with van der Waals surface area (Å²) in [5, 5.41) is 5.48. The summed E-state index contributed by atoms with van der Waals surface area (Å²) in [6.45, 7) is 8.91. The normalized spacial score (nSPS) is 15.3. The second-order valence-electron chi connectivity index (χ2n) is 6.95. The van der Waals surface area contributed by atoms with Crippen LogP contribution < -0.4 is 10.6 Å². The van der Waals surface area contributed by atoms with E-state index in [4.69, 9.17) is 4.42 Å². The number of nitrogens with zero attached hydrogens (tertiary/aromatic N) is 2. The Morgan fingerprint density at radius 3 is 2.39 bits per heavy atom. The van der Waals surface area contributed by atoms with Crippen LogP contribution in [0.25, 0.3) is 0 Å². The number of hydrogen-bond donors (Lipinski definition) is 2. The molecule has 2 amide bonds. The van der Waals surface area contributed by atoms with Gasteiger partial charge in [0, 0.05) is 39.3 Å². The first-order chi connectivity index (χ1) is 13.7. The smallest absolute Gasteiger partial charge is 0.254 e. The van der Waals surface area contributed by atoms with E-state index >= 15 is 0 Å². The average molecular weight is 384 g/mol. The molecule has 0 unspecified atom stereocenters. The fraction of sp³-hybridized carbons (Fsp3) is 0.429. The number of rotatable bonds is 8. The molecule has 2 aromatic rings. The van der Waals surface area contributed by atoms with Gasteiger partial charge >= 0.3 is 0 Å². The Balaban J connectivity index is 1.46. The number of amides is 2. The summed E-state index contributed by atoms with van der Waals surface area (Å²) >= 11 is 0. The lowest BCUT2D eigenvalue weighted by molar-refractivity contribution is -0.120. The molecule has 0 atom stereocenters. The second kappa shape index (κ2) is 10.1. The van der Waals surface area contributed by atoms with Crippen molar-refractivity contribution in [1.29, 1.82) is 0 Å². The highest BCUT2D eigenvalue weighted by Crippen LogP contribution is 2.13. The molecule has 1 aromatic carbocycles. The average Bonchev–Trinajstić information content (AvgIpc) is 3.27. The van der Waals surface area contributed by atoms with Gasteiger partial charge < -0.3 is 20.0 Å². The van der Waals surface area contributed by atoms with Gasteiger partial charge in [0.15, 0.2) is 0 Å². The molecule has 7 nitrogen and oxygen atoms in total. The maximum Gasteiger partial charge on any atom is 0.254 e. The number of benzene rings is 1. The molecule has 1 aliphatic rings. The van der Waals surface area contributed by atoms with E-state index in [2.05, 4.69) is 33.4 Å². The summed E-state index contributed by atoms with van der Waals surface area (Å²) in [4.78, 5) is 28.9. The van der Waals surface area contributed by atoms with Gasteiger partial charge in [0.25, 0.3) is 5.91 Å². The predicted octanol–water partition coefficient (Wildman–Crippen LogP) is 1.46. The van der Waals surface area contributed by atoms with E-state index in [1.165, 1.54) is 18.1 Å². The monoisotopic (exact) mass is 384 g/mol. The van der Waals surface area contributed by atoms with Crippen LogP contribution in [0.5, 0.6) is 0 Å². The number of carbonyl (C=O) groups is 2. The summed E-state index contributed by atoms with van der Waals surface area (Å²) in [5.41, 5.74) is 2.74. The number of hydrogen-bond acceptors (Lipinski definition) is 5. The van der Waals surface area contributed by atoms with Gasteiger partial charge in [-0.25, -0.2) is 0 Å².